The van der Waals surface area contributed by atoms with Crippen LogP contribution in [0.5, 0.6) is 0 Å². The highest BCUT2D eigenvalue weighted by atomic mass is 19.4. The largest absolute Gasteiger partial charge is 0.459 e. The van der Waals surface area contributed by atoms with Crippen LogP contribution in [0.25, 0.3) is 11.5 Å². The minimum absolute atomic E-state index is 0.00168. The van der Waals surface area contributed by atoms with Gasteiger partial charge in [0.1, 0.15) is 0 Å². The topological polar surface area (TPSA) is 85.5 Å². The van der Waals surface area contributed by atoms with E-state index in [1.165, 1.54) is 37.8 Å². The summed E-state index contributed by atoms with van der Waals surface area (Å²) in [6, 6.07) is 11.7. The van der Waals surface area contributed by atoms with Crippen molar-refractivity contribution < 1.29 is 32.0 Å². The van der Waals surface area contributed by atoms with Gasteiger partial charge in [-0.3, -0.25) is 4.79 Å². The molecule has 1 amide bonds. The number of unbranched alkanes of at least 4 members (excludes halogenated alkanes) is 5. The molecule has 3 rings (SSSR count). The zero-order chi connectivity index (χ0) is 28.3. The Bertz CT molecular complexity index is 1210. The van der Waals surface area contributed by atoms with Crippen molar-refractivity contribution in [1.82, 2.24) is 15.0 Å². The number of alkyl halides is 3. The molecule has 0 fully saturated rings. The lowest BCUT2D eigenvalue weighted by Crippen LogP contribution is -2.36. The summed E-state index contributed by atoms with van der Waals surface area (Å²) < 4.78 is 49.7. The molecule has 0 aliphatic heterocycles. The van der Waals surface area contributed by atoms with Crippen LogP contribution in [0.1, 0.15) is 74.9 Å². The van der Waals surface area contributed by atoms with Gasteiger partial charge in [-0.25, -0.2) is 4.79 Å². The van der Waals surface area contributed by atoms with Crippen molar-refractivity contribution in [2.24, 2.45) is 0 Å². The van der Waals surface area contributed by atoms with E-state index in [0.717, 1.165) is 36.3 Å². The molecule has 210 valence electrons. The van der Waals surface area contributed by atoms with Gasteiger partial charge in [0, 0.05) is 25.1 Å². The fourth-order valence-corrected chi connectivity index (χ4v) is 4.10. The number of halogens is 3. The lowest BCUT2D eigenvalue weighted by Gasteiger charge is -2.22. The molecule has 0 atom stereocenters. The molecule has 0 spiro atoms. The van der Waals surface area contributed by atoms with Crippen LogP contribution in [0.3, 0.4) is 0 Å². The van der Waals surface area contributed by atoms with E-state index in [-0.39, 0.29) is 25.3 Å². The van der Waals surface area contributed by atoms with Gasteiger partial charge >= 0.3 is 18.1 Å². The summed E-state index contributed by atoms with van der Waals surface area (Å²) in [5.41, 5.74) is 0.767. The van der Waals surface area contributed by atoms with E-state index in [0.29, 0.717) is 22.8 Å². The Balaban J connectivity index is 1.68. The van der Waals surface area contributed by atoms with Gasteiger partial charge in [0.25, 0.3) is 5.89 Å². The normalized spacial score (nSPS) is 11.4. The van der Waals surface area contributed by atoms with Gasteiger partial charge < -0.3 is 14.2 Å². The maximum Gasteiger partial charge on any atom is 0.416 e. The highest BCUT2D eigenvalue weighted by Crippen LogP contribution is 2.30. The van der Waals surface area contributed by atoms with Crippen molar-refractivity contribution in [3.63, 3.8) is 0 Å². The van der Waals surface area contributed by atoms with Gasteiger partial charge in [-0.15, -0.1) is 0 Å². The second kappa shape index (κ2) is 14.5. The molecule has 0 N–H and O–H groups in total. The van der Waals surface area contributed by atoms with Gasteiger partial charge in [0.15, 0.2) is 5.82 Å². The zero-order valence-corrected chi connectivity index (χ0v) is 22.3. The number of benzene rings is 2. The molecular weight excluding hydrogens is 511 g/mol. The fourth-order valence-electron chi connectivity index (χ4n) is 4.10. The van der Waals surface area contributed by atoms with E-state index < -0.39 is 23.6 Å². The first kappa shape index (κ1) is 29.9. The third-order valence-electron chi connectivity index (χ3n) is 6.16. The number of hydrogen-bond donors (Lipinski definition) is 0. The summed E-state index contributed by atoms with van der Waals surface area (Å²) in [5, 5.41) is 4.06. The highest BCUT2D eigenvalue weighted by Gasteiger charge is 2.31. The van der Waals surface area contributed by atoms with Crippen LogP contribution in [0.2, 0.25) is 0 Å². The molecule has 0 aliphatic rings. The monoisotopic (exact) mass is 545 g/mol. The summed E-state index contributed by atoms with van der Waals surface area (Å²) in [5.74, 6) is -0.970. The molecule has 7 nitrogen and oxygen atoms in total. The summed E-state index contributed by atoms with van der Waals surface area (Å²) >= 11 is 0. The van der Waals surface area contributed by atoms with Crippen LogP contribution in [-0.4, -0.2) is 33.5 Å². The van der Waals surface area contributed by atoms with Crippen molar-refractivity contribution >= 4 is 11.9 Å². The van der Waals surface area contributed by atoms with E-state index in [9.17, 15) is 22.8 Å². The van der Waals surface area contributed by atoms with E-state index in [1.807, 2.05) is 0 Å². The molecule has 0 saturated carbocycles. The first-order valence-corrected chi connectivity index (χ1v) is 13.2. The molecule has 0 unspecified atom stereocenters. The van der Waals surface area contributed by atoms with Crippen LogP contribution in [-0.2, 0) is 40.0 Å². The molecule has 3 aromatic rings. The van der Waals surface area contributed by atoms with E-state index in [2.05, 4.69) is 17.1 Å². The molecular formula is C29H34F3N3O4. The number of carbonyl (C=O) groups excluding carboxylic acids is 2. The quantitative estimate of drug-likeness (QED) is 0.134. The van der Waals surface area contributed by atoms with Crippen LogP contribution in [0, 0.1) is 0 Å². The smallest absolute Gasteiger partial charge is 0.416 e. The molecule has 0 saturated heterocycles. The summed E-state index contributed by atoms with van der Waals surface area (Å²) in [6.07, 6.45) is 3.24. The SMILES string of the molecule is CCCCCCCCc1noc(-c2ccc(CN(Cc3cccc(C(F)(F)F)c3)C(=O)C(=O)OCC)cc2)n1. The Morgan fingerprint density at radius 1 is 0.923 bits per heavy atom. The van der Waals surface area contributed by atoms with Crippen LogP contribution in [0.15, 0.2) is 53.1 Å². The number of rotatable bonds is 13. The fraction of sp³-hybridized carbons (Fsp3) is 0.448. The Labute approximate surface area is 226 Å². The van der Waals surface area contributed by atoms with Crippen LogP contribution < -0.4 is 0 Å². The molecule has 1 heterocycles. The third-order valence-corrected chi connectivity index (χ3v) is 6.16. The van der Waals surface area contributed by atoms with Gasteiger partial charge in [0.2, 0.25) is 0 Å². The van der Waals surface area contributed by atoms with Crippen molar-refractivity contribution in [1.29, 1.82) is 0 Å². The number of esters is 1. The van der Waals surface area contributed by atoms with Gasteiger partial charge in [-0.05, 0) is 48.7 Å². The molecule has 2 aromatic carbocycles. The van der Waals surface area contributed by atoms with Crippen molar-refractivity contribution in [2.45, 2.75) is 78.1 Å². The molecule has 0 aliphatic carbocycles. The lowest BCUT2D eigenvalue weighted by molar-refractivity contribution is -0.160. The van der Waals surface area contributed by atoms with Crippen molar-refractivity contribution in [3.8, 4) is 11.5 Å². The number of carbonyl (C=O) groups is 2. The molecule has 10 heteroatoms. The third kappa shape index (κ3) is 9.23. The Hall–Kier alpha value is -3.69. The van der Waals surface area contributed by atoms with Gasteiger partial charge in [0.05, 0.1) is 12.2 Å². The Morgan fingerprint density at radius 2 is 1.62 bits per heavy atom. The Morgan fingerprint density at radius 3 is 2.31 bits per heavy atom. The molecule has 0 radical (unpaired) electrons. The first-order valence-electron chi connectivity index (χ1n) is 13.2. The lowest BCUT2D eigenvalue weighted by atomic mass is 10.1. The van der Waals surface area contributed by atoms with E-state index in [4.69, 9.17) is 9.26 Å². The average molecular weight is 546 g/mol. The second-order valence-corrected chi connectivity index (χ2v) is 9.31. The maximum atomic E-state index is 13.2. The van der Waals surface area contributed by atoms with Gasteiger partial charge in [-0.2, -0.15) is 18.2 Å². The second-order valence-electron chi connectivity index (χ2n) is 9.31. The minimum Gasteiger partial charge on any atom is -0.459 e. The van der Waals surface area contributed by atoms with Crippen molar-refractivity contribution in [2.75, 3.05) is 6.61 Å². The predicted molar refractivity (Wildman–Crippen MR) is 139 cm³/mol. The van der Waals surface area contributed by atoms with Crippen LogP contribution >= 0.6 is 0 Å². The zero-order valence-electron chi connectivity index (χ0n) is 22.3. The number of aryl methyl sites for hydroxylation is 1. The van der Waals surface area contributed by atoms with E-state index >= 15 is 0 Å². The number of nitrogens with zero attached hydrogens (tertiary/aromatic N) is 3. The number of amides is 1. The number of aromatic nitrogens is 2. The summed E-state index contributed by atoms with van der Waals surface area (Å²) in [4.78, 5) is 30.5. The van der Waals surface area contributed by atoms with Crippen molar-refractivity contribution in [3.05, 3.63) is 71.0 Å². The highest BCUT2D eigenvalue weighted by molar-refractivity contribution is 6.32. The summed E-state index contributed by atoms with van der Waals surface area (Å²) in [6.45, 7) is 3.54. The average Bonchev–Trinajstić information content (AvgIpc) is 3.39. The molecule has 39 heavy (non-hydrogen) atoms. The maximum absolute atomic E-state index is 13.2. The first-order chi connectivity index (χ1) is 18.7. The summed E-state index contributed by atoms with van der Waals surface area (Å²) in [7, 11) is 0. The van der Waals surface area contributed by atoms with Gasteiger partial charge in [-0.1, -0.05) is 68.4 Å². The predicted octanol–water partition coefficient (Wildman–Crippen LogP) is 6.75. The van der Waals surface area contributed by atoms with E-state index in [1.54, 1.807) is 31.2 Å². The number of hydrogen-bond acceptors (Lipinski definition) is 6. The van der Waals surface area contributed by atoms with Crippen LogP contribution in [0.4, 0.5) is 13.2 Å². The standard InChI is InChI=1S/C29H34F3N3O4/c1-3-5-6-7-8-9-13-25-33-26(39-34-25)23-16-14-21(15-17-23)19-35(27(36)28(37)38-4-2)20-22-11-10-12-24(18-22)29(30,31)32/h10-12,14-18H,3-9,13,19-20H2,1-2H3. The Kier molecular flexibility index (Phi) is 11.1. The minimum atomic E-state index is -4.52. The number of ether oxygens (including phenoxy) is 1. The molecule has 0 bridgehead atoms. The molecule has 1 aromatic heterocycles.